The molecule has 1 amide bonds. The van der Waals surface area contributed by atoms with Crippen LogP contribution < -0.4 is 0 Å². The molecule has 1 saturated heterocycles. The zero-order valence-corrected chi connectivity index (χ0v) is 15.0. The van der Waals surface area contributed by atoms with Gasteiger partial charge in [-0.1, -0.05) is 25.9 Å². The summed E-state index contributed by atoms with van der Waals surface area (Å²) >= 11 is 0. The first kappa shape index (κ1) is 17.6. The van der Waals surface area contributed by atoms with Crippen LogP contribution in [-0.2, 0) is 10.2 Å². The number of carbonyl (C=O) groups is 1. The fraction of sp³-hybridized carbons (Fsp3) is 0.526. The molecule has 1 aliphatic heterocycles. The predicted molar refractivity (Wildman–Crippen MR) is 92.3 cm³/mol. The van der Waals surface area contributed by atoms with Crippen molar-refractivity contribution in [3.05, 3.63) is 35.9 Å². The molecule has 6 heteroatoms. The number of piperidine rings is 1. The molecule has 0 N–H and O–H groups in total. The first-order chi connectivity index (χ1) is 11.9. The maximum atomic E-state index is 13.1. The number of halogens is 1. The van der Waals surface area contributed by atoms with E-state index >= 15 is 0 Å². The Balaban J connectivity index is 1.78. The van der Waals surface area contributed by atoms with Crippen LogP contribution in [0.5, 0.6) is 0 Å². The molecular weight excluding hydrogens is 321 g/mol. The molecule has 25 heavy (non-hydrogen) atoms. The van der Waals surface area contributed by atoms with E-state index in [9.17, 15) is 9.18 Å². The van der Waals surface area contributed by atoms with Gasteiger partial charge in [0.25, 0.3) is 5.89 Å². The Morgan fingerprint density at radius 2 is 2.08 bits per heavy atom. The molecule has 1 aromatic carbocycles. The minimum Gasteiger partial charge on any atom is -0.342 e. The minimum atomic E-state index is -0.327. The Hall–Kier alpha value is -2.24. The second-order valence-corrected chi connectivity index (χ2v) is 7.51. The van der Waals surface area contributed by atoms with E-state index in [1.807, 2.05) is 4.90 Å². The normalized spacial score (nSPS) is 20.9. The minimum absolute atomic E-state index is 0.183. The maximum Gasteiger partial charge on any atom is 0.257 e. The Morgan fingerprint density at radius 1 is 1.36 bits per heavy atom. The summed E-state index contributed by atoms with van der Waals surface area (Å²) in [7, 11) is 0. The number of rotatable bonds is 4. The number of benzene rings is 1. The van der Waals surface area contributed by atoms with Gasteiger partial charge in [0.15, 0.2) is 5.82 Å². The first-order valence-electron chi connectivity index (χ1n) is 8.75. The van der Waals surface area contributed by atoms with Crippen molar-refractivity contribution in [1.82, 2.24) is 15.0 Å². The first-order valence-corrected chi connectivity index (χ1v) is 8.75. The molecule has 1 aliphatic rings. The average Bonchev–Trinajstić information content (AvgIpc) is 3.06. The number of aromatic nitrogens is 2. The van der Waals surface area contributed by atoms with Crippen LogP contribution in [0.1, 0.15) is 45.9 Å². The Kier molecular flexibility index (Phi) is 4.88. The molecule has 0 bridgehead atoms. The van der Waals surface area contributed by atoms with E-state index < -0.39 is 0 Å². The molecule has 1 aromatic heterocycles. The Morgan fingerprint density at radius 3 is 2.76 bits per heavy atom. The van der Waals surface area contributed by atoms with Crippen molar-refractivity contribution >= 4 is 5.91 Å². The summed E-state index contributed by atoms with van der Waals surface area (Å²) < 4.78 is 18.4. The highest BCUT2D eigenvalue weighted by Crippen LogP contribution is 2.33. The summed E-state index contributed by atoms with van der Waals surface area (Å²) in [6.45, 7) is 7.55. The van der Waals surface area contributed by atoms with Crippen LogP contribution in [0.4, 0.5) is 4.39 Å². The topological polar surface area (TPSA) is 59.2 Å². The number of nitrogens with zero attached hydrogens (tertiary/aromatic N) is 3. The molecule has 0 saturated carbocycles. The molecule has 2 aromatic rings. The van der Waals surface area contributed by atoms with E-state index in [-0.39, 0.29) is 17.1 Å². The summed E-state index contributed by atoms with van der Waals surface area (Å²) in [6, 6.07) is 5.98. The molecule has 134 valence electrons. The highest BCUT2D eigenvalue weighted by atomic mass is 19.1. The van der Waals surface area contributed by atoms with E-state index in [0.29, 0.717) is 36.2 Å². The van der Waals surface area contributed by atoms with Crippen molar-refractivity contribution in [2.75, 3.05) is 13.1 Å². The lowest BCUT2D eigenvalue weighted by molar-refractivity contribution is -0.134. The van der Waals surface area contributed by atoms with Crippen molar-refractivity contribution in [2.24, 2.45) is 5.92 Å². The van der Waals surface area contributed by atoms with Crippen LogP contribution in [0.3, 0.4) is 0 Å². The number of carbonyl (C=O) groups excluding carboxylic acids is 1. The van der Waals surface area contributed by atoms with Gasteiger partial charge in [-0.15, -0.1) is 0 Å². The Bertz CT molecular complexity index is 741. The van der Waals surface area contributed by atoms with Crippen molar-refractivity contribution in [1.29, 1.82) is 0 Å². The fourth-order valence-corrected chi connectivity index (χ4v) is 3.29. The van der Waals surface area contributed by atoms with Crippen molar-refractivity contribution < 1.29 is 13.7 Å². The van der Waals surface area contributed by atoms with Crippen molar-refractivity contribution in [3.8, 4) is 11.5 Å². The van der Waals surface area contributed by atoms with Crippen LogP contribution in [-0.4, -0.2) is 34.0 Å². The maximum absolute atomic E-state index is 13.1. The average molecular weight is 345 g/mol. The van der Waals surface area contributed by atoms with Crippen LogP contribution >= 0.6 is 0 Å². The predicted octanol–water partition coefficient (Wildman–Crippen LogP) is 3.80. The molecule has 1 fully saturated rings. The van der Waals surface area contributed by atoms with Gasteiger partial charge < -0.3 is 9.42 Å². The molecule has 0 spiro atoms. The van der Waals surface area contributed by atoms with Crippen LogP contribution in [0, 0.1) is 11.7 Å². The summed E-state index contributed by atoms with van der Waals surface area (Å²) in [5, 5.41) is 4.15. The third-order valence-corrected chi connectivity index (χ3v) is 4.69. The molecule has 5 nitrogen and oxygen atoms in total. The van der Waals surface area contributed by atoms with Gasteiger partial charge >= 0.3 is 0 Å². The third kappa shape index (κ3) is 3.89. The lowest BCUT2D eigenvalue weighted by Crippen LogP contribution is -2.47. The van der Waals surface area contributed by atoms with Crippen LogP contribution in [0.15, 0.2) is 28.8 Å². The monoisotopic (exact) mass is 345 g/mol. The lowest BCUT2D eigenvalue weighted by atomic mass is 9.81. The molecule has 1 atom stereocenters. The van der Waals surface area contributed by atoms with E-state index in [4.69, 9.17) is 4.52 Å². The van der Waals surface area contributed by atoms with Gasteiger partial charge in [-0.2, -0.15) is 4.98 Å². The molecule has 1 unspecified atom stereocenters. The number of hydrogen-bond acceptors (Lipinski definition) is 4. The molecule has 2 heterocycles. The number of amides is 1. The second-order valence-electron chi connectivity index (χ2n) is 7.51. The van der Waals surface area contributed by atoms with Gasteiger partial charge in [-0.25, -0.2) is 4.39 Å². The SMILES string of the molecule is CC(C)CC(=O)N1CCCC(C)(c2noc(-c3ccc(F)cc3)n2)C1. The van der Waals surface area contributed by atoms with Gasteiger partial charge in [0.2, 0.25) is 5.91 Å². The summed E-state index contributed by atoms with van der Waals surface area (Å²) in [6.07, 6.45) is 2.38. The van der Waals surface area contributed by atoms with E-state index in [0.717, 1.165) is 19.4 Å². The second kappa shape index (κ2) is 6.94. The zero-order chi connectivity index (χ0) is 18.0. The number of likely N-dealkylation sites (tertiary alicyclic amines) is 1. The van der Waals surface area contributed by atoms with Gasteiger partial charge in [-0.05, 0) is 43.0 Å². The van der Waals surface area contributed by atoms with Gasteiger partial charge in [0.05, 0.1) is 0 Å². The number of hydrogen-bond donors (Lipinski definition) is 0. The van der Waals surface area contributed by atoms with E-state index in [1.54, 1.807) is 12.1 Å². The van der Waals surface area contributed by atoms with Crippen molar-refractivity contribution in [3.63, 3.8) is 0 Å². The highest BCUT2D eigenvalue weighted by Gasteiger charge is 2.38. The molecule has 3 rings (SSSR count). The van der Waals surface area contributed by atoms with E-state index in [1.165, 1.54) is 12.1 Å². The Labute approximate surface area is 147 Å². The smallest absolute Gasteiger partial charge is 0.257 e. The lowest BCUT2D eigenvalue weighted by Gasteiger charge is -2.38. The van der Waals surface area contributed by atoms with Crippen LogP contribution in [0.2, 0.25) is 0 Å². The molecule has 0 radical (unpaired) electrons. The molecule has 0 aliphatic carbocycles. The molecular formula is C19H24FN3O2. The quantitative estimate of drug-likeness (QED) is 0.846. The third-order valence-electron chi connectivity index (χ3n) is 4.69. The summed E-state index contributed by atoms with van der Waals surface area (Å²) in [5.41, 5.74) is 0.361. The van der Waals surface area contributed by atoms with Crippen molar-refractivity contribution in [2.45, 2.75) is 45.4 Å². The largest absolute Gasteiger partial charge is 0.342 e. The van der Waals surface area contributed by atoms with Gasteiger partial charge in [0.1, 0.15) is 5.82 Å². The fourth-order valence-electron chi connectivity index (χ4n) is 3.29. The van der Waals surface area contributed by atoms with Gasteiger partial charge in [-0.3, -0.25) is 4.79 Å². The van der Waals surface area contributed by atoms with E-state index in [2.05, 4.69) is 30.9 Å². The summed E-state index contributed by atoms with van der Waals surface area (Å²) in [4.78, 5) is 18.8. The van der Waals surface area contributed by atoms with Crippen LogP contribution in [0.25, 0.3) is 11.5 Å². The zero-order valence-electron chi connectivity index (χ0n) is 15.0. The summed E-state index contributed by atoms with van der Waals surface area (Å²) in [5.74, 6) is 1.21. The highest BCUT2D eigenvalue weighted by molar-refractivity contribution is 5.76. The van der Waals surface area contributed by atoms with Gasteiger partial charge in [0, 0.05) is 30.5 Å². The standard InChI is InChI=1S/C19H24FN3O2/c1-13(2)11-16(24)23-10-4-9-19(3,12-23)18-21-17(25-22-18)14-5-7-15(20)8-6-14/h5-8,13H,4,9-12H2,1-3H3.